The van der Waals surface area contributed by atoms with E-state index in [1.807, 2.05) is 0 Å². The quantitative estimate of drug-likeness (QED) is 0.580. The Morgan fingerprint density at radius 1 is 1.40 bits per heavy atom. The molecule has 2 atom stereocenters. The van der Waals surface area contributed by atoms with Gasteiger partial charge >= 0.3 is 0 Å². The van der Waals surface area contributed by atoms with E-state index >= 15 is 0 Å². The normalized spacial score (nSPS) is 35.7. The SMILES string of the molecule is CC(C)[C@H]1CN(C)C[C@@H]1O. The maximum Gasteiger partial charge on any atom is 0.0709 e. The number of hydrogen-bond donors (Lipinski definition) is 1. The highest BCUT2D eigenvalue weighted by Crippen LogP contribution is 2.22. The van der Waals surface area contributed by atoms with Crippen molar-refractivity contribution in [2.24, 2.45) is 11.8 Å². The second-order valence-corrected chi connectivity index (χ2v) is 3.70. The molecule has 0 saturated carbocycles. The number of rotatable bonds is 1. The highest BCUT2D eigenvalue weighted by molar-refractivity contribution is 4.83. The van der Waals surface area contributed by atoms with E-state index in [0.717, 1.165) is 13.1 Å². The summed E-state index contributed by atoms with van der Waals surface area (Å²) in [6.45, 7) is 6.25. The second kappa shape index (κ2) is 2.89. The van der Waals surface area contributed by atoms with Gasteiger partial charge in [-0.3, -0.25) is 0 Å². The van der Waals surface area contributed by atoms with Gasteiger partial charge in [0.15, 0.2) is 0 Å². The molecular formula is C8H17NO. The summed E-state index contributed by atoms with van der Waals surface area (Å²) in [5.74, 6) is 1.10. The van der Waals surface area contributed by atoms with Crippen LogP contribution in [0.2, 0.25) is 0 Å². The molecule has 10 heavy (non-hydrogen) atoms. The van der Waals surface area contributed by atoms with Crippen molar-refractivity contribution in [1.82, 2.24) is 4.90 Å². The van der Waals surface area contributed by atoms with E-state index in [4.69, 9.17) is 0 Å². The predicted octanol–water partition coefficient (Wildman–Crippen LogP) is 0.565. The van der Waals surface area contributed by atoms with Crippen molar-refractivity contribution < 1.29 is 5.11 Å². The molecule has 0 aromatic rings. The fourth-order valence-electron chi connectivity index (χ4n) is 1.67. The van der Waals surface area contributed by atoms with Gasteiger partial charge in [0.1, 0.15) is 0 Å². The molecule has 60 valence electrons. The smallest absolute Gasteiger partial charge is 0.0709 e. The van der Waals surface area contributed by atoms with E-state index in [-0.39, 0.29) is 6.10 Å². The maximum absolute atomic E-state index is 9.49. The van der Waals surface area contributed by atoms with Gasteiger partial charge in [-0.25, -0.2) is 0 Å². The molecular weight excluding hydrogens is 126 g/mol. The van der Waals surface area contributed by atoms with Crippen LogP contribution in [-0.4, -0.2) is 36.2 Å². The van der Waals surface area contributed by atoms with Crippen LogP contribution in [0.5, 0.6) is 0 Å². The van der Waals surface area contributed by atoms with Gasteiger partial charge in [-0.05, 0) is 13.0 Å². The van der Waals surface area contributed by atoms with E-state index < -0.39 is 0 Å². The molecule has 1 fully saturated rings. The average Bonchev–Trinajstić information content (AvgIpc) is 2.10. The predicted molar refractivity (Wildman–Crippen MR) is 41.8 cm³/mol. The molecule has 1 heterocycles. The van der Waals surface area contributed by atoms with Crippen LogP contribution in [0.3, 0.4) is 0 Å². The van der Waals surface area contributed by atoms with Crippen molar-refractivity contribution in [2.45, 2.75) is 20.0 Å². The van der Waals surface area contributed by atoms with Crippen molar-refractivity contribution in [1.29, 1.82) is 0 Å². The van der Waals surface area contributed by atoms with Crippen LogP contribution in [0.4, 0.5) is 0 Å². The lowest BCUT2D eigenvalue weighted by molar-refractivity contribution is 0.121. The number of hydrogen-bond acceptors (Lipinski definition) is 2. The summed E-state index contributed by atoms with van der Waals surface area (Å²) in [6.07, 6.45) is -0.0926. The van der Waals surface area contributed by atoms with E-state index in [9.17, 15) is 5.11 Å². The first-order chi connectivity index (χ1) is 4.61. The largest absolute Gasteiger partial charge is 0.391 e. The van der Waals surface area contributed by atoms with Gasteiger partial charge < -0.3 is 10.0 Å². The third kappa shape index (κ3) is 1.50. The van der Waals surface area contributed by atoms with Crippen LogP contribution in [0.1, 0.15) is 13.8 Å². The zero-order valence-electron chi connectivity index (χ0n) is 7.04. The van der Waals surface area contributed by atoms with Gasteiger partial charge in [-0.2, -0.15) is 0 Å². The lowest BCUT2D eigenvalue weighted by Crippen LogP contribution is -2.22. The summed E-state index contributed by atoms with van der Waals surface area (Å²) < 4.78 is 0. The zero-order chi connectivity index (χ0) is 7.72. The Balaban J connectivity index is 2.46. The van der Waals surface area contributed by atoms with Crippen LogP contribution in [0.25, 0.3) is 0 Å². The molecule has 1 saturated heterocycles. The molecule has 0 bridgehead atoms. The van der Waals surface area contributed by atoms with Gasteiger partial charge in [-0.15, -0.1) is 0 Å². The zero-order valence-corrected chi connectivity index (χ0v) is 7.04. The lowest BCUT2D eigenvalue weighted by atomic mass is 9.93. The number of β-amino-alcohol motifs (C(OH)–C–C–N with tert-alkyl or cyclic N) is 1. The van der Waals surface area contributed by atoms with E-state index in [0.29, 0.717) is 11.8 Å². The molecule has 0 radical (unpaired) electrons. The molecule has 0 spiro atoms. The molecule has 1 rings (SSSR count). The van der Waals surface area contributed by atoms with Crippen molar-refractivity contribution >= 4 is 0 Å². The van der Waals surface area contributed by atoms with E-state index in [2.05, 4.69) is 25.8 Å². The minimum atomic E-state index is -0.0926. The molecule has 2 heteroatoms. The topological polar surface area (TPSA) is 23.5 Å². The van der Waals surface area contributed by atoms with Crippen molar-refractivity contribution in [3.8, 4) is 0 Å². The Morgan fingerprint density at radius 3 is 2.20 bits per heavy atom. The van der Waals surface area contributed by atoms with Crippen molar-refractivity contribution in [3.05, 3.63) is 0 Å². The summed E-state index contributed by atoms with van der Waals surface area (Å²) in [5.41, 5.74) is 0. The lowest BCUT2D eigenvalue weighted by Gasteiger charge is -2.16. The average molecular weight is 143 g/mol. The van der Waals surface area contributed by atoms with Crippen molar-refractivity contribution in [2.75, 3.05) is 20.1 Å². The number of nitrogens with zero attached hydrogens (tertiary/aromatic N) is 1. The maximum atomic E-state index is 9.49. The van der Waals surface area contributed by atoms with Crippen molar-refractivity contribution in [3.63, 3.8) is 0 Å². The van der Waals surface area contributed by atoms with Gasteiger partial charge in [-0.1, -0.05) is 13.8 Å². The molecule has 0 aromatic heterocycles. The Bertz CT molecular complexity index is 114. The number of likely N-dealkylation sites (tertiary alicyclic amines) is 1. The monoisotopic (exact) mass is 143 g/mol. The first-order valence-electron chi connectivity index (χ1n) is 3.98. The van der Waals surface area contributed by atoms with Crippen LogP contribution >= 0.6 is 0 Å². The minimum absolute atomic E-state index is 0.0926. The molecule has 0 aromatic carbocycles. The fraction of sp³-hybridized carbons (Fsp3) is 1.00. The third-order valence-electron chi connectivity index (χ3n) is 2.37. The summed E-state index contributed by atoms with van der Waals surface area (Å²) in [7, 11) is 2.06. The molecule has 2 nitrogen and oxygen atoms in total. The highest BCUT2D eigenvalue weighted by Gasteiger charge is 2.30. The highest BCUT2D eigenvalue weighted by atomic mass is 16.3. The molecule has 1 aliphatic heterocycles. The molecule has 1 aliphatic rings. The summed E-state index contributed by atoms with van der Waals surface area (Å²) in [6, 6.07) is 0. The number of likely N-dealkylation sites (N-methyl/N-ethyl adjacent to an activating group) is 1. The van der Waals surface area contributed by atoms with E-state index in [1.54, 1.807) is 0 Å². The molecule has 0 unspecified atom stereocenters. The number of aliphatic hydroxyl groups excluding tert-OH is 1. The Labute approximate surface area is 62.8 Å². The standard InChI is InChI=1S/C8H17NO/c1-6(2)7-4-9(3)5-8(7)10/h6-8,10H,4-5H2,1-3H3/t7-,8+/m1/s1. The Hall–Kier alpha value is -0.0800. The molecule has 0 amide bonds. The number of aliphatic hydroxyl groups is 1. The third-order valence-corrected chi connectivity index (χ3v) is 2.37. The second-order valence-electron chi connectivity index (χ2n) is 3.70. The van der Waals surface area contributed by atoms with Gasteiger partial charge in [0.2, 0.25) is 0 Å². The Morgan fingerprint density at radius 2 is 2.00 bits per heavy atom. The Kier molecular flexibility index (Phi) is 2.32. The first-order valence-corrected chi connectivity index (χ1v) is 3.98. The fourth-order valence-corrected chi connectivity index (χ4v) is 1.67. The molecule has 1 N–H and O–H groups in total. The minimum Gasteiger partial charge on any atom is -0.391 e. The van der Waals surface area contributed by atoms with Gasteiger partial charge in [0.25, 0.3) is 0 Å². The summed E-state index contributed by atoms with van der Waals surface area (Å²) in [5, 5.41) is 9.49. The van der Waals surface area contributed by atoms with E-state index in [1.165, 1.54) is 0 Å². The van der Waals surface area contributed by atoms with Gasteiger partial charge in [0, 0.05) is 19.0 Å². The van der Waals surface area contributed by atoms with Crippen LogP contribution in [0.15, 0.2) is 0 Å². The van der Waals surface area contributed by atoms with Crippen LogP contribution in [0, 0.1) is 11.8 Å². The van der Waals surface area contributed by atoms with Gasteiger partial charge in [0.05, 0.1) is 6.10 Å². The van der Waals surface area contributed by atoms with Crippen LogP contribution in [-0.2, 0) is 0 Å². The summed E-state index contributed by atoms with van der Waals surface area (Å²) in [4.78, 5) is 2.19. The van der Waals surface area contributed by atoms with Crippen LogP contribution < -0.4 is 0 Å². The first kappa shape index (κ1) is 8.02. The summed E-state index contributed by atoms with van der Waals surface area (Å²) >= 11 is 0. The molecule has 0 aliphatic carbocycles.